The highest BCUT2D eigenvalue weighted by Gasteiger charge is 2.32. The summed E-state index contributed by atoms with van der Waals surface area (Å²) in [6.45, 7) is 3.88. The van der Waals surface area contributed by atoms with E-state index >= 15 is 0 Å². The summed E-state index contributed by atoms with van der Waals surface area (Å²) in [5.41, 5.74) is 0.0921. The van der Waals surface area contributed by atoms with Crippen molar-refractivity contribution in [3.8, 4) is 0 Å². The lowest BCUT2D eigenvalue weighted by Gasteiger charge is -2.28. The Morgan fingerprint density at radius 1 is 1.54 bits per heavy atom. The lowest BCUT2D eigenvalue weighted by atomic mass is 9.77. The molecule has 0 bridgehead atoms. The first-order valence-electron chi connectivity index (χ1n) is 4.15. The van der Waals surface area contributed by atoms with Gasteiger partial charge in [0.1, 0.15) is 5.76 Å². The molecule has 0 atom stereocenters. The summed E-state index contributed by atoms with van der Waals surface area (Å²) < 4.78 is 0. The number of hydrogen-bond acceptors (Lipinski definition) is 4. The Bertz CT molecular complexity index is 290. The maximum atomic E-state index is 11.4. The van der Waals surface area contributed by atoms with Crippen molar-refractivity contribution in [3.63, 3.8) is 0 Å². The van der Waals surface area contributed by atoms with Gasteiger partial charge in [0.2, 0.25) is 0 Å². The summed E-state index contributed by atoms with van der Waals surface area (Å²) in [4.78, 5) is 11.4. The van der Waals surface area contributed by atoms with Gasteiger partial charge < -0.3 is 10.9 Å². The summed E-state index contributed by atoms with van der Waals surface area (Å²) in [7, 11) is 0. The van der Waals surface area contributed by atoms with Crippen LogP contribution in [0, 0.1) is 5.41 Å². The molecular formula is C9H14N2O2. The predicted molar refractivity (Wildman–Crippen MR) is 50.4 cm³/mol. The molecule has 1 rings (SSSR count). The Balaban J connectivity index is 3.01. The fourth-order valence-corrected chi connectivity index (χ4v) is 1.52. The Morgan fingerprint density at radius 2 is 2.15 bits per heavy atom. The lowest BCUT2D eigenvalue weighted by molar-refractivity contribution is -0.117. The summed E-state index contributed by atoms with van der Waals surface area (Å²) in [6.07, 6.45) is 2.14. The van der Waals surface area contributed by atoms with E-state index in [0.29, 0.717) is 12.8 Å². The van der Waals surface area contributed by atoms with Crippen molar-refractivity contribution in [3.05, 3.63) is 11.3 Å². The minimum atomic E-state index is -0.160. The van der Waals surface area contributed by atoms with Crippen molar-refractivity contribution in [2.45, 2.75) is 26.7 Å². The topological polar surface area (TPSA) is 75.7 Å². The smallest absolute Gasteiger partial charge is 0.168 e. The molecule has 0 saturated carbocycles. The minimum Gasteiger partial charge on any atom is -0.511 e. The normalized spacial score (nSPS) is 22.8. The molecule has 0 aromatic heterocycles. The van der Waals surface area contributed by atoms with Gasteiger partial charge in [0, 0.05) is 12.8 Å². The first-order chi connectivity index (χ1) is 5.96. The van der Waals surface area contributed by atoms with Crippen molar-refractivity contribution >= 4 is 12.0 Å². The summed E-state index contributed by atoms with van der Waals surface area (Å²) in [5, 5.41) is 12.8. The van der Waals surface area contributed by atoms with Crippen LogP contribution in [0.5, 0.6) is 0 Å². The number of carbonyl (C=O) groups is 1. The number of nitrogens with zero attached hydrogens (tertiary/aromatic N) is 1. The fraction of sp³-hybridized carbons (Fsp3) is 0.556. The molecule has 72 valence electrons. The number of ketones is 1. The molecule has 0 heterocycles. The zero-order valence-electron chi connectivity index (χ0n) is 7.87. The number of hydrazone groups is 1. The van der Waals surface area contributed by atoms with Gasteiger partial charge in [-0.1, -0.05) is 13.8 Å². The highest BCUT2D eigenvalue weighted by molar-refractivity contribution is 6.14. The summed E-state index contributed by atoms with van der Waals surface area (Å²) >= 11 is 0. The average Bonchev–Trinajstić information content (AvgIpc) is 1.94. The van der Waals surface area contributed by atoms with Crippen LogP contribution in [-0.2, 0) is 4.79 Å². The molecule has 13 heavy (non-hydrogen) atoms. The molecule has 0 radical (unpaired) electrons. The van der Waals surface area contributed by atoms with Crippen molar-refractivity contribution in [2.24, 2.45) is 16.4 Å². The van der Waals surface area contributed by atoms with Gasteiger partial charge in [-0.15, -0.1) is 0 Å². The van der Waals surface area contributed by atoms with E-state index in [1.165, 1.54) is 6.21 Å². The van der Waals surface area contributed by atoms with Crippen LogP contribution in [0.2, 0.25) is 0 Å². The van der Waals surface area contributed by atoms with E-state index in [4.69, 9.17) is 5.84 Å². The SMILES string of the molecule is CC1(C)CC(=O)C(C=NN)=C(O)C1. The number of aliphatic hydroxyl groups is 1. The molecule has 4 nitrogen and oxygen atoms in total. The summed E-state index contributed by atoms with van der Waals surface area (Å²) in [6, 6.07) is 0. The van der Waals surface area contributed by atoms with Crippen LogP contribution in [0.3, 0.4) is 0 Å². The third kappa shape index (κ3) is 2.08. The number of nitrogens with two attached hydrogens (primary N) is 1. The number of allylic oxidation sites excluding steroid dienone is 2. The van der Waals surface area contributed by atoms with Gasteiger partial charge in [-0.05, 0) is 5.41 Å². The maximum absolute atomic E-state index is 11.4. The number of Topliss-reactive ketones (excluding diaryl/α,β-unsaturated/α-hetero) is 1. The lowest BCUT2D eigenvalue weighted by Crippen LogP contribution is -2.26. The Hall–Kier alpha value is -1.32. The molecule has 3 N–H and O–H groups in total. The first-order valence-corrected chi connectivity index (χ1v) is 4.15. The van der Waals surface area contributed by atoms with E-state index in [1.54, 1.807) is 0 Å². The van der Waals surface area contributed by atoms with Crippen LogP contribution in [0.25, 0.3) is 0 Å². The van der Waals surface area contributed by atoms with Gasteiger partial charge in [0.25, 0.3) is 0 Å². The zero-order valence-corrected chi connectivity index (χ0v) is 7.87. The van der Waals surface area contributed by atoms with Crippen LogP contribution >= 0.6 is 0 Å². The van der Waals surface area contributed by atoms with E-state index in [1.807, 2.05) is 13.8 Å². The van der Waals surface area contributed by atoms with Gasteiger partial charge in [-0.25, -0.2) is 0 Å². The van der Waals surface area contributed by atoms with Crippen molar-refractivity contribution in [1.82, 2.24) is 0 Å². The van der Waals surface area contributed by atoms with Gasteiger partial charge in [0.15, 0.2) is 5.78 Å². The highest BCUT2D eigenvalue weighted by Crippen LogP contribution is 2.34. The monoisotopic (exact) mass is 182 g/mol. The van der Waals surface area contributed by atoms with Gasteiger partial charge in [-0.3, -0.25) is 4.79 Å². The Kier molecular flexibility index (Phi) is 2.40. The second-order valence-corrected chi connectivity index (χ2v) is 4.08. The molecular weight excluding hydrogens is 168 g/mol. The van der Waals surface area contributed by atoms with Crippen LogP contribution in [0.15, 0.2) is 16.4 Å². The number of aliphatic hydroxyl groups excluding tert-OH is 1. The second-order valence-electron chi connectivity index (χ2n) is 4.08. The number of hydrogen-bond donors (Lipinski definition) is 2. The standard InChI is InChI=1S/C9H14N2O2/c1-9(2)3-7(12)6(5-11-10)8(13)4-9/h5,12H,3-4,10H2,1-2H3. The van der Waals surface area contributed by atoms with Crippen LogP contribution < -0.4 is 5.84 Å². The molecule has 1 aliphatic carbocycles. The Morgan fingerprint density at radius 3 is 2.62 bits per heavy atom. The maximum Gasteiger partial charge on any atom is 0.168 e. The molecule has 0 unspecified atom stereocenters. The molecule has 0 spiro atoms. The van der Waals surface area contributed by atoms with Gasteiger partial charge in [-0.2, -0.15) is 5.10 Å². The minimum absolute atomic E-state index is 0.0930. The fourth-order valence-electron chi connectivity index (χ4n) is 1.52. The van der Waals surface area contributed by atoms with E-state index in [0.717, 1.165) is 0 Å². The predicted octanol–water partition coefficient (Wildman–Crippen LogP) is 1.13. The number of carbonyl (C=O) groups excluding carboxylic acids is 1. The van der Waals surface area contributed by atoms with Gasteiger partial charge in [0.05, 0.1) is 11.8 Å². The van der Waals surface area contributed by atoms with E-state index in [9.17, 15) is 9.90 Å². The molecule has 1 aliphatic rings. The molecule has 0 amide bonds. The van der Waals surface area contributed by atoms with E-state index in [-0.39, 0.29) is 22.5 Å². The summed E-state index contributed by atoms with van der Waals surface area (Å²) in [5.74, 6) is 4.92. The second kappa shape index (κ2) is 3.20. The van der Waals surface area contributed by atoms with Gasteiger partial charge >= 0.3 is 0 Å². The van der Waals surface area contributed by atoms with Crippen molar-refractivity contribution in [2.75, 3.05) is 0 Å². The first kappa shape index (κ1) is 9.77. The molecule has 0 aromatic carbocycles. The van der Waals surface area contributed by atoms with Crippen molar-refractivity contribution < 1.29 is 9.90 Å². The number of rotatable bonds is 1. The van der Waals surface area contributed by atoms with Crippen LogP contribution in [0.1, 0.15) is 26.7 Å². The van der Waals surface area contributed by atoms with E-state index in [2.05, 4.69) is 5.10 Å². The van der Waals surface area contributed by atoms with Crippen LogP contribution in [0.4, 0.5) is 0 Å². The average molecular weight is 182 g/mol. The third-order valence-corrected chi connectivity index (χ3v) is 2.10. The van der Waals surface area contributed by atoms with E-state index < -0.39 is 0 Å². The highest BCUT2D eigenvalue weighted by atomic mass is 16.3. The molecule has 0 saturated heterocycles. The Labute approximate surface area is 77.1 Å². The van der Waals surface area contributed by atoms with Crippen LogP contribution in [-0.4, -0.2) is 17.1 Å². The molecule has 0 aromatic rings. The zero-order chi connectivity index (χ0) is 10.1. The third-order valence-electron chi connectivity index (χ3n) is 2.10. The molecule has 4 heteroatoms. The largest absolute Gasteiger partial charge is 0.511 e. The quantitative estimate of drug-likeness (QED) is 0.362. The molecule has 0 aliphatic heterocycles. The van der Waals surface area contributed by atoms with Crippen molar-refractivity contribution in [1.29, 1.82) is 0 Å². The molecule has 0 fully saturated rings.